The maximum atomic E-state index is 12.9. The second kappa shape index (κ2) is 10.5. The highest BCUT2D eigenvalue weighted by Crippen LogP contribution is 2.40. The highest BCUT2D eigenvalue weighted by molar-refractivity contribution is 7.61. The second-order valence-corrected chi connectivity index (χ2v) is 10.1. The first-order valence-corrected chi connectivity index (χ1v) is 12.1. The van der Waals surface area contributed by atoms with Crippen LogP contribution in [-0.4, -0.2) is 40.5 Å². The topological polar surface area (TPSA) is 90.3 Å². The van der Waals surface area contributed by atoms with Gasteiger partial charge in [0.15, 0.2) is 0 Å². The van der Waals surface area contributed by atoms with Crippen molar-refractivity contribution in [1.29, 1.82) is 0 Å². The molecule has 0 fully saturated rings. The summed E-state index contributed by atoms with van der Waals surface area (Å²) in [6.07, 6.45) is 1.62. The quantitative estimate of drug-likeness (QED) is 0.470. The van der Waals surface area contributed by atoms with E-state index in [1.54, 1.807) is 14.0 Å². The van der Waals surface area contributed by atoms with Crippen LogP contribution in [0.4, 0.5) is 0 Å². The van der Waals surface area contributed by atoms with E-state index in [0.717, 1.165) is 5.56 Å². The van der Waals surface area contributed by atoms with Crippen LogP contribution in [0.1, 0.15) is 33.0 Å². The van der Waals surface area contributed by atoms with E-state index < -0.39 is 19.3 Å². The number of aromatic nitrogens is 2. The van der Waals surface area contributed by atoms with E-state index in [-0.39, 0.29) is 12.2 Å². The van der Waals surface area contributed by atoms with Crippen LogP contribution in [0.2, 0.25) is 0 Å². The van der Waals surface area contributed by atoms with E-state index in [2.05, 4.69) is 10.1 Å². The Morgan fingerprint density at radius 3 is 2.45 bits per heavy atom. The molecule has 0 aliphatic rings. The molecule has 1 aromatic carbocycles. The van der Waals surface area contributed by atoms with Crippen LogP contribution in [0, 0.1) is 0 Å². The molecule has 0 amide bonds. The molecule has 2 aromatic rings. The van der Waals surface area contributed by atoms with E-state index in [4.69, 9.17) is 4.74 Å². The number of nitrogens with zero attached hydrogens (tertiary/aromatic N) is 2. The molecule has 0 radical (unpaired) electrons. The van der Waals surface area contributed by atoms with Gasteiger partial charge in [0.2, 0.25) is 0 Å². The van der Waals surface area contributed by atoms with Crippen molar-refractivity contribution in [3.05, 3.63) is 52.6 Å². The minimum absolute atomic E-state index is 0.165. The van der Waals surface area contributed by atoms with Gasteiger partial charge in [0.1, 0.15) is 19.2 Å². The number of rotatable bonds is 10. The molecule has 0 spiro atoms. The number of nitrogens with one attached hydrogen (secondary N) is 1. The second-order valence-electron chi connectivity index (χ2n) is 6.82. The predicted molar refractivity (Wildman–Crippen MR) is 115 cm³/mol. The molecule has 0 saturated heterocycles. The first-order chi connectivity index (χ1) is 13.8. The fourth-order valence-electron chi connectivity index (χ4n) is 3.01. The molecular weight excluding hydrogens is 389 g/mol. The van der Waals surface area contributed by atoms with Gasteiger partial charge in [0.25, 0.3) is 5.56 Å². The monoisotopic (exact) mass is 419 g/mol. The van der Waals surface area contributed by atoms with Crippen molar-refractivity contribution in [2.24, 2.45) is 7.05 Å². The molecular formula is C21H30N3O4P. The number of hydrogen-bond acceptors (Lipinski definition) is 5. The van der Waals surface area contributed by atoms with Crippen molar-refractivity contribution >= 4 is 13.3 Å². The maximum absolute atomic E-state index is 12.9. The zero-order valence-corrected chi connectivity index (χ0v) is 18.4. The van der Waals surface area contributed by atoms with E-state index in [9.17, 15) is 14.2 Å². The van der Waals surface area contributed by atoms with E-state index in [1.807, 2.05) is 44.2 Å². The summed E-state index contributed by atoms with van der Waals surface area (Å²) in [4.78, 5) is 29.5. The SMILES string of the molecule is CCOC(=O)C(CCc1nc(-c2ccccc2)cc(=O)n1C)NP(=O)(CC)CC. The van der Waals surface area contributed by atoms with Crippen molar-refractivity contribution < 1.29 is 14.1 Å². The van der Waals surface area contributed by atoms with Gasteiger partial charge in [0, 0.05) is 37.4 Å². The molecule has 29 heavy (non-hydrogen) atoms. The molecule has 0 saturated carbocycles. The van der Waals surface area contributed by atoms with Gasteiger partial charge in [0.05, 0.1) is 12.3 Å². The summed E-state index contributed by atoms with van der Waals surface area (Å²) in [6.45, 7) is 5.67. The summed E-state index contributed by atoms with van der Waals surface area (Å²) in [7, 11) is -0.993. The van der Waals surface area contributed by atoms with Crippen molar-refractivity contribution in [3.63, 3.8) is 0 Å². The number of esters is 1. The van der Waals surface area contributed by atoms with E-state index >= 15 is 0 Å². The predicted octanol–water partition coefficient (Wildman–Crippen LogP) is 3.22. The highest BCUT2D eigenvalue weighted by Gasteiger charge is 2.28. The lowest BCUT2D eigenvalue weighted by Gasteiger charge is -2.23. The molecule has 0 aliphatic carbocycles. The van der Waals surface area contributed by atoms with Gasteiger partial charge in [-0.1, -0.05) is 44.2 Å². The lowest BCUT2D eigenvalue weighted by Crippen LogP contribution is -2.38. The fourth-order valence-corrected chi connectivity index (χ4v) is 4.62. The van der Waals surface area contributed by atoms with E-state index in [0.29, 0.717) is 36.7 Å². The summed E-state index contributed by atoms with van der Waals surface area (Å²) < 4.78 is 19.5. The molecule has 1 N–H and O–H groups in total. The van der Waals surface area contributed by atoms with Crippen LogP contribution in [0.25, 0.3) is 11.3 Å². The van der Waals surface area contributed by atoms with Crippen molar-refractivity contribution in [2.45, 2.75) is 39.7 Å². The molecule has 2 rings (SSSR count). The molecule has 158 valence electrons. The Kier molecular flexibility index (Phi) is 8.35. The number of benzene rings is 1. The summed E-state index contributed by atoms with van der Waals surface area (Å²) in [6, 6.07) is 10.3. The van der Waals surface area contributed by atoms with Gasteiger partial charge < -0.3 is 9.30 Å². The Hall–Kier alpha value is -2.24. The summed E-state index contributed by atoms with van der Waals surface area (Å²) in [5, 5.41) is 3.03. The van der Waals surface area contributed by atoms with Gasteiger partial charge in [-0.25, -0.2) is 4.98 Å². The summed E-state index contributed by atoms with van der Waals surface area (Å²) in [5.74, 6) is 0.133. The first-order valence-electron chi connectivity index (χ1n) is 9.98. The average molecular weight is 419 g/mol. The van der Waals surface area contributed by atoms with Crippen LogP contribution in [0.3, 0.4) is 0 Å². The average Bonchev–Trinajstić information content (AvgIpc) is 2.74. The largest absolute Gasteiger partial charge is 0.465 e. The van der Waals surface area contributed by atoms with Gasteiger partial charge in [-0.3, -0.25) is 19.2 Å². The van der Waals surface area contributed by atoms with Crippen molar-refractivity contribution in [2.75, 3.05) is 18.9 Å². The Morgan fingerprint density at radius 2 is 1.86 bits per heavy atom. The maximum Gasteiger partial charge on any atom is 0.323 e. The lowest BCUT2D eigenvalue weighted by atomic mass is 10.1. The van der Waals surface area contributed by atoms with Gasteiger partial charge >= 0.3 is 5.97 Å². The third-order valence-electron chi connectivity index (χ3n) is 4.94. The van der Waals surface area contributed by atoms with E-state index in [1.165, 1.54) is 10.6 Å². The number of ether oxygens (including phenoxy) is 1. The highest BCUT2D eigenvalue weighted by atomic mass is 31.2. The van der Waals surface area contributed by atoms with Crippen LogP contribution in [0.15, 0.2) is 41.2 Å². The zero-order chi connectivity index (χ0) is 21.4. The minimum Gasteiger partial charge on any atom is -0.465 e. The van der Waals surface area contributed by atoms with Crippen LogP contribution in [-0.2, 0) is 27.6 Å². The molecule has 1 aromatic heterocycles. The Bertz CT molecular complexity index is 919. The van der Waals surface area contributed by atoms with Gasteiger partial charge in [-0.2, -0.15) is 0 Å². The van der Waals surface area contributed by atoms with Crippen molar-refractivity contribution in [1.82, 2.24) is 14.6 Å². The molecule has 0 bridgehead atoms. The Morgan fingerprint density at radius 1 is 1.21 bits per heavy atom. The molecule has 1 heterocycles. The van der Waals surface area contributed by atoms with Gasteiger partial charge in [-0.05, 0) is 13.3 Å². The lowest BCUT2D eigenvalue weighted by molar-refractivity contribution is -0.145. The Balaban J connectivity index is 2.28. The number of hydrogen-bond donors (Lipinski definition) is 1. The van der Waals surface area contributed by atoms with Gasteiger partial charge in [-0.15, -0.1) is 0 Å². The number of carbonyl (C=O) groups is 1. The summed E-state index contributed by atoms with van der Waals surface area (Å²) >= 11 is 0. The third kappa shape index (κ3) is 6.12. The minimum atomic E-state index is -2.65. The molecule has 1 atom stereocenters. The van der Waals surface area contributed by atoms with Crippen molar-refractivity contribution in [3.8, 4) is 11.3 Å². The zero-order valence-electron chi connectivity index (χ0n) is 17.6. The third-order valence-corrected chi connectivity index (χ3v) is 7.76. The number of carbonyl (C=O) groups excluding carboxylic acids is 1. The molecule has 1 unspecified atom stereocenters. The molecule has 0 aliphatic heterocycles. The Labute approximate surface area is 171 Å². The fraction of sp³-hybridized carbons (Fsp3) is 0.476. The normalized spacial score (nSPS) is 12.6. The molecule has 8 heteroatoms. The van der Waals surface area contributed by atoms with Crippen LogP contribution >= 0.6 is 7.29 Å². The van der Waals surface area contributed by atoms with Crippen LogP contribution in [0.5, 0.6) is 0 Å². The first kappa shape index (κ1) is 23.0. The number of aryl methyl sites for hydroxylation is 1. The summed E-state index contributed by atoms with van der Waals surface area (Å²) in [5.41, 5.74) is 1.28. The molecule has 7 nitrogen and oxygen atoms in total. The standard InChI is InChI=1S/C21H30N3O4P/c1-5-28-21(26)17(23-29(27,6-2)7-3)13-14-19-22-18(15-20(25)24(19)4)16-11-9-8-10-12-16/h8-12,15,17H,5-7,13-14H2,1-4H3,(H,23,27). The van der Waals surface area contributed by atoms with Crippen LogP contribution < -0.4 is 10.6 Å². The smallest absolute Gasteiger partial charge is 0.323 e.